The van der Waals surface area contributed by atoms with Gasteiger partial charge in [-0.15, -0.1) is 0 Å². The number of hydrogen-bond donors (Lipinski definition) is 2. The number of para-hydroxylation sites is 1. The molecule has 2 rings (SSSR count). The van der Waals surface area contributed by atoms with Gasteiger partial charge in [-0.05, 0) is 39.3 Å². The highest BCUT2D eigenvalue weighted by atomic mass is 16.3. The van der Waals surface area contributed by atoms with E-state index in [0.717, 1.165) is 19.5 Å². The lowest BCUT2D eigenvalue weighted by Gasteiger charge is -2.29. The second kappa shape index (κ2) is 7.01. The Morgan fingerprint density at radius 2 is 2.09 bits per heavy atom. The summed E-state index contributed by atoms with van der Waals surface area (Å²) in [4.78, 5) is 16.3. The van der Waals surface area contributed by atoms with Gasteiger partial charge in [0.2, 0.25) is 0 Å². The Labute approximate surface area is 132 Å². The summed E-state index contributed by atoms with van der Waals surface area (Å²) >= 11 is 0. The maximum Gasteiger partial charge on any atom is 0.317 e. The molecule has 5 heteroatoms. The van der Waals surface area contributed by atoms with Gasteiger partial charge in [0.1, 0.15) is 0 Å². The maximum atomic E-state index is 12.3. The molecule has 1 atom stereocenters. The normalized spacial score (nSPS) is 18.4. The predicted octanol–water partition coefficient (Wildman–Crippen LogP) is 2.07. The van der Waals surface area contributed by atoms with Crippen molar-refractivity contribution in [1.29, 1.82) is 0 Å². The molecule has 2 amide bonds. The minimum atomic E-state index is -0.876. The van der Waals surface area contributed by atoms with Gasteiger partial charge in [-0.2, -0.15) is 0 Å². The van der Waals surface area contributed by atoms with Gasteiger partial charge in [0.15, 0.2) is 0 Å². The molecule has 0 radical (unpaired) electrons. The Balaban J connectivity index is 1.88. The Bertz CT molecular complexity index is 484. The van der Waals surface area contributed by atoms with E-state index in [4.69, 9.17) is 0 Å². The molecule has 1 aliphatic rings. The lowest BCUT2D eigenvalue weighted by atomic mass is 10.1. The van der Waals surface area contributed by atoms with Crippen molar-refractivity contribution in [1.82, 2.24) is 10.2 Å². The molecule has 1 aliphatic heterocycles. The van der Waals surface area contributed by atoms with Gasteiger partial charge in [0, 0.05) is 31.4 Å². The van der Waals surface area contributed by atoms with Gasteiger partial charge >= 0.3 is 6.03 Å². The van der Waals surface area contributed by atoms with E-state index >= 15 is 0 Å². The average molecular weight is 305 g/mol. The number of carbonyl (C=O) groups excluding carboxylic acids is 1. The largest absolute Gasteiger partial charge is 0.389 e. The van der Waals surface area contributed by atoms with E-state index in [9.17, 15) is 9.90 Å². The van der Waals surface area contributed by atoms with E-state index in [2.05, 4.69) is 22.3 Å². The van der Waals surface area contributed by atoms with Gasteiger partial charge < -0.3 is 20.2 Å². The van der Waals surface area contributed by atoms with E-state index in [1.165, 1.54) is 5.69 Å². The zero-order chi connectivity index (χ0) is 16.2. The number of nitrogens with one attached hydrogen (secondary N) is 1. The molecule has 0 aromatic heterocycles. The van der Waals surface area contributed by atoms with E-state index < -0.39 is 5.60 Å². The number of amides is 2. The maximum absolute atomic E-state index is 12.3. The molecular weight excluding hydrogens is 278 g/mol. The smallest absolute Gasteiger partial charge is 0.317 e. The van der Waals surface area contributed by atoms with Gasteiger partial charge in [0.25, 0.3) is 0 Å². The Morgan fingerprint density at radius 1 is 1.41 bits per heavy atom. The van der Waals surface area contributed by atoms with Gasteiger partial charge in [0.05, 0.1) is 12.1 Å². The predicted molar refractivity (Wildman–Crippen MR) is 89.1 cm³/mol. The number of nitrogens with zero attached hydrogens (tertiary/aromatic N) is 2. The molecular formula is C17H27N3O2. The molecule has 1 unspecified atom stereocenters. The van der Waals surface area contributed by atoms with Crippen LogP contribution in [0.3, 0.4) is 0 Å². The summed E-state index contributed by atoms with van der Waals surface area (Å²) in [5.41, 5.74) is 0.321. The average Bonchev–Trinajstić information content (AvgIpc) is 2.93. The van der Waals surface area contributed by atoms with Gasteiger partial charge in [-0.1, -0.05) is 18.2 Å². The van der Waals surface area contributed by atoms with Crippen LogP contribution in [0.4, 0.5) is 10.5 Å². The number of rotatable bonds is 5. The Hall–Kier alpha value is -1.75. The van der Waals surface area contributed by atoms with E-state index in [1.807, 2.05) is 25.1 Å². The third-order valence-electron chi connectivity index (χ3n) is 3.88. The number of hydrogen-bond acceptors (Lipinski definition) is 3. The fraction of sp³-hybridized carbons (Fsp3) is 0.588. The van der Waals surface area contributed by atoms with Crippen molar-refractivity contribution in [2.75, 3.05) is 31.1 Å². The first-order valence-corrected chi connectivity index (χ1v) is 7.97. The summed E-state index contributed by atoms with van der Waals surface area (Å²) < 4.78 is 0. The summed E-state index contributed by atoms with van der Waals surface area (Å²) in [6.07, 6.45) is 0.945. The van der Waals surface area contributed by atoms with Crippen LogP contribution in [-0.4, -0.2) is 53.9 Å². The first-order chi connectivity index (χ1) is 10.4. The highest BCUT2D eigenvalue weighted by molar-refractivity contribution is 5.74. The molecule has 1 heterocycles. The van der Waals surface area contributed by atoms with Crippen molar-refractivity contribution in [2.45, 2.75) is 38.8 Å². The first-order valence-electron chi connectivity index (χ1n) is 7.97. The zero-order valence-corrected chi connectivity index (χ0v) is 13.7. The Morgan fingerprint density at radius 3 is 2.68 bits per heavy atom. The van der Waals surface area contributed by atoms with Crippen molar-refractivity contribution < 1.29 is 9.90 Å². The number of likely N-dealkylation sites (N-methyl/N-ethyl adjacent to an activating group) is 1. The van der Waals surface area contributed by atoms with Crippen LogP contribution in [0.1, 0.15) is 27.2 Å². The lowest BCUT2D eigenvalue weighted by Crippen LogP contribution is -2.50. The molecule has 1 aromatic carbocycles. The van der Waals surface area contributed by atoms with E-state index in [-0.39, 0.29) is 12.1 Å². The van der Waals surface area contributed by atoms with Crippen LogP contribution >= 0.6 is 0 Å². The number of urea groups is 1. The van der Waals surface area contributed by atoms with Crippen molar-refractivity contribution in [3.63, 3.8) is 0 Å². The third kappa shape index (κ3) is 4.63. The molecule has 0 spiro atoms. The SMILES string of the molecule is CCN(CC(C)(C)O)C(=O)NC1CCN(c2ccccc2)C1. The zero-order valence-electron chi connectivity index (χ0n) is 13.7. The molecule has 22 heavy (non-hydrogen) atoms. The minimum absolute atomic E-state index is 0.0930. The van der Waals surface area contributed by atoms with Crippen molar-refractivity contribution in [3.8, 4) is 0 Å². The van der Waals surface area contributed by atoms with Crippen LogP contribution in [0, 0.1) is 0 Å². The highest BCUT2D eigenvalue weighted by Gasteiger charge is 2.27. The second-order valence-electron chi connectivity index (χ2n) is 6.54. The van der Waals surface area contributed by atoms with Crippen LogP contribution in [0.2, 0.25) is 0 Å². The third-order valence-corrected chi connectivity index (χ3v) is 3.88. The van der Waals surface area contributed by atoms with Crippen molar-refractivity contribution in [3.05, 3.63) is 30.3 Å². The fourth-order valence-corrected chi connectivity index (χ4v) is 2.81. The summed E-state index contributed by atoms with van der Waals surface area (Å²) in [6, 6.07) is 10.3. The minimum Gasteiger partial charge on any atom is -0.389 e. The summed E-state index contributed by atoms with van der Waals surface area (Å²) in [6.45, 7) is 8.07. The van der Waals surface area contributed by atoms with Crippen molar-refractivity contribution >= 4 is 11.7 Å². The summed E-state index contributed by atoms with van der Waals surface area (Å²) in [7, 11) is 0. The molecule has 0 bridgehead atoms. The monoisotopic (exact) mass is 305 g/mol. The van der Waals surface area contributed by atoms with Crippen LogP contribution in [0.25, 0.3) is 0 Å². The molecule has 0 saturated carbocycles. The van der Waals surface area contributed by atoms with Crippen LogP contribution < -0.4 is 10.2 Å². The van der Waals surface area contributed by atoms with Crippen LogP contribution in [-0.2, 0) is 0 Å². The van der Waals surface area contributed by atoms with Crippen LogP contribution in [0.5, 0.6) is 0 Å². The molecule has 2 N–H and O–H groups in total. The molecule has 5 nitrogen and oxygen atoms in total. The summed E-state index contributed by atoms with van der Waals surface area (Å²) in [5.74, 6) is 0. The number of benzene rings is 1. The molecule has 1 aromatic rings. The Kier molecular flexibility index (Phi) is 5.29. The summed E-state index contributed by atoms with van der Waals surface area (Å²) in [5, 5.41) is 13.0. The first kappa shape index (κ1) is 16.6. The second-order valence-corrected chi connectivity index (χ2v) is 6.54. The molecule has 1 fully saturated rings. The molecule has 0 aliphatic carbocycles. The van der Waals surface area contributed by atoms with E-state index in [0.29, 0.717) is 13.1 Å². The number of carbonyl (C=O) groups is 1. The molecule has 1 saturated heterocycles. The van der Waals surface area contributed by atoms with E-state index in [1.54, 1.807) is 18.7 Å². The number of anilines is 1. The lowest BCUT2D eigenvalue weighted by molar-refractivity contribution is 0.0476. The highest BCUT2D eigenvalue weighted by Crippen LogP contribution is 2.19. The quantitative estimate of drug-likeness (QED) is 0.875. The standard InChI is InChI=1S/C17H27N3O2/c1-4-19(13-17(2,3)22)16(21)18-14-10-11-20(12-14)15-8-6-5-7-9-15/h5-9,14,22H,4,10-13H2,1-3H3,(H,18,21). The fourth-order valence-electron chi connectivity index (χ4n) is 2.81. The van der Waals surface area contributed by atoms with Gasteiger partial charge in [-0.3, -0.25) is 0 Å². The van der Waals surface area contributed by atoms with Crippen LogP contribution in [0.15, 0.2) is 30.3 Å². The number of aliphatic hydroxyl groups is 1. The topological polar surface area (TPSA) is 55.8 Å². The molecule has 122 valence electrons. The van der Waals surface area contributed by atoms with Gasteiger partial charge in [-0.25, -0.2) is 4.79 Å². The van der Waals surface area contributed by atoms with Crippen molar-refractivity contribution in [2.24, 2.45) is 0 Å².